The number of carbonyl (C=O) groups excluding carboxylic acids is 1. The molecule has 148 valence electrons. The Labute approximate surface area is 171 Å². The van der Waals surface area contributed by atoms with Crippen LogP contribution >= 0.6 is 23.1 Å². The molecule has 0 bridgehead atoms. The zero-order chi connectivity index (χ0) is 19.7. The molecule has 1 fully saturated rings. The summed E-state index contributed by atoms with van der Waals surface area (Å²) in [5.74, 6) is 0.222. The number of thiophene rings is 1. The summed E-state index contributed by atoms with van der Waals surface area (Å²) in [4.78, 5) is 35.4. The lowest BCUT2D eigenvalue weighted by molar-refractivity contribution is 0.0937. The van der Waals surface area contributed by atoms with E-state index in [-0.39, 0.29) is 23.2 Å². The summed E-state index contributed by atoms with van der Waals surface area (Å²) in [5, 5.41) is 1.32. The SMILES string of the molecule is CCc1c(C)sc2nc(SCC(=O)c3ccc[nH]3)n(CC3CCCO3)c(=O)c12. The van der Waals surface area contributed by atoms with Gasteiger partial charge in [0.2, 0.25) is 0 Å². The predicted octanol–water partition coefficient (Wildman–Crippen LogP) is 3.81. The summed E-state index contributed by atoms with van der Waals surface area (Å²) in [6, 6.07) is 3.56. The van der Waals surface area contributed by atoms with E-state index in [4.69, 9.17) is 9.72 Å². The van der Waals surface area contributed by atoms with Crippen LogP contribution in [0.3, 0.4) is 0 Å². The molecule has 0 saturated carbocycles. The first-order chi connectivity index (χ1) is 13.6. The van der Waals surface area contributed by atoms with E-state index in [2.05, 4.69) is 11.9 Å². The first kappa shape index (κ1) is 19.4. The number of nitrogens with one attached hydrogen (secondary N) is 1. The smallest absolute Gasteiger partial charge is 0.263 e. The van der Waals surface area contributed by atoms with E-state index in [1.807, 2.05) is 6.92 Å². The molecule has 0 amide bonds. The van der Waals surface area contributed by atoms with Gasteiger partial charge in [0.05, 0.1) is 29.5 Å². The van der Waals surface area contributed by atoms with Crippen LogP contribution in [0, 0.1) is 6.92 Å². The second-order valence-corrected chi connectivity index (χ2v) is 9.06. The molecule has 1 unspecified atom stereocenters. The Bertz CT molecular complexity index is 1050. The van der Waals surface area contributed by atoms with Crippen LogP contribution in [0.1, 0.15) is 40.7 Å². The van der Waals surface area contributed by atoms with Gasteiger partial charge in [-0.3, -0.25) is 14.2 Å². The Morgan fingerprint density at radius 1 is 1.50 bits per heavy atom. The van der Waals surface area contributed by atoms with E-state index in [1.165, 1.54) is 11.8 Å². The van der Waals surface area contributed by atoms with Gasteiger partial charge in [0, 0.05) is 17.7 Å². The minimum absolute atomic E-state index is 0.00961. The Morgan fingerprint density at radius 2 is 2.36 bits per heavy atom. The quantitative estimate of drug-likeness (QED) is 0.359. The zero-order valence-electron chi connectivity index (χ0n) is 16.0. The highest BCUT2D eigenvalue weighted by Crippen LogP contribution is 2.30. The van der Waals surface area contributed by atoms with Crippen molar-refractivity contribution in [2.45, 2.75) is 50.9 Å². The van der Waals surface area contributed by atoms with Crippen molar-refractivity contribution in [2.24, 2.45) is 0 Å². The molecule has 3 aromatic heterocycles. The van der Waals surface area contributed by atoms with Gasteiger partial charge in [-0.25, -0.2) is 4.98 Å². The molecule has 8 heteroatoms. The van der Waals surface area contributed by atoms with E-state index in [9.17, 15) is 9.59 Å². The van der Waals surface area contributed by atoms with Gasteiger partial charge in [0.1, 0.15) is 4.83 Å². The zero-order valence-corrected chi connectivity index (χ0v) is 17.6. The van der Waals surface area contributed by atoms with Gasteiger partial charge in [-0.05, 0) is 43.9 Å². The van der Waals surface area contributed by atoms with Crippen LogP contribution in [0.25, 0.3) is 10.2 Å². The number of hydrogen-bond acceptors (Lipinski definition) is 6. The van der Waals surface area contributed by atoms with Crippen LogP contribution in [-0.2, 0) is 17.7 Å². The van der Waals surface area contributed by atoms with Crippen LogP contribution in [-0.4, -0.2) is 38.8 Å². The lowest BCUT2D eigenvalue weighted by atomic mass is 10.1. The molecule has 6 nitrogen and oxygen atoms in total. The number of aromatic nitrogens is 3. The van der Waals surface area contributed by atoms with Crippen LogP contribution in [0.5, 0.6) is 0 Å². The van der Waals surface area contributed by atoms with Gasteiger partial charge in [-0.15, -0.1) is 11.3 Å². The third-order valence-corrected chi connectivity index (χ3v) is 7.09. The minimum atomic E-state index is -0.0171. The maximum absolute atomic E-state index is 13.4. The Kier molecular flexibility index (Phi) is 5.70. The molecule has 3 aromatic rings. The second kappa shape index (κ2) is 8.23. The highest BCUT2D eigenvalue weighted by atomic mass is 32.2. The number of Topliss-reactive ketones (excluding diaryl/α,β-unsaturated/α-hetero) is 1. The van der Waals surface area contributed by atoms with Crippen LogP contribution < -0.4 is 5.56 Å². The number of carbonyl (C=O) groups is 1. The number of rotatable bonds is 7. The van der Waals surface area contributed by atoms with Crippen molar-refractivity contribution in [3.05, 3.63) is 44.8 Å². The molecule has 0 spiro atoms. The number of aromatic amines is 1. The average Bonchev–Trinajstić information content (AvgIpc) is 3.43. The third kappa shape index (κ3) is 3.68. The fourth-order valence-corrected chi connectivity index (χ4v) is 5.68. The fraction of sp³-hybridized carbons (Fsp3) is 0.450. The molecule has 4 heterocycles. The number of aryl methyl sites for hydroxylation is 2. The van der Waals surface area contributed by atoms with Gasteiger partial charge in [-0.2, -0.15) is 0 Å². The highest BCUT2D eigenvalue weighted by Gasteiger charge is 2.23. The number of thioether (sulfide) groups is 1. The molecule has 4 rings (SSSR count). The standard InChI is InChI=1S/C20H23N3O3S2/c1-3-14-12(2)28-18-17(14)19(25)23(10-13-6-5-9-26-13)20(22-18)27-11-16(24)15-7-4-8-21-15/h4,7-8,13,21H,3,5-6,9-11H2,1-2H3. The lowest BCUT2D eigenvalue weighted by Gasteiger charge is -2.15. The first-order valence-electron chi connectivity index (χ1n) is 9.52. The number of fused-ring (bicyclic) bond motifs is 1. The number of ketones is 1. The maximum Gasteiger partial charge on any atom is 0.263 e. The summed E-state index contributed by atoms with van der Waals surface area (Å²) < 4.78 is 7.48. The van der Waals surface area contributed by atoms with Crippen LogP contribution in [0.2, 0.25) is 0 Å². The Balaban J connectivity index is 1.72. The third-order valence-electron chi connectivity index (χ3n) is 5.07. The van der Waals surface area contributed by atoms with Gasteiger partial charge < -0.3 is 9.72 Å². The summed E-state index contributed by atoms with van der Waals surface area (Å²) in [6.07, 6.45) is 4.52. The maximum atomic E-state index is 13.4. The Morgan fingerprint density at radius 3 is 3.04 bits per heavy atom. The molecule has 1 atom stereocenters. The highest BCUT2D eigenvalue weighted by molar-refractivity contribution is 7.99. The molecule has 1 aliphatic rings. The fourth-order valence-electron chi connectivity index (χ4n) is 3.63. The molecular formula is C20H23N3O3S2. The van der Waals surface area contributed by atoms with E-state index in [0.717, 1.165) is 46.5 Å². The monoisotopic (exact) mass is 417 g/mol. The van der Waals surface area contributed by atoms with Crippen molar-refractivity contribution in [1.82, 2.24) is 14.5 Å². The normalized spacial score (nSPS) is 16.9. The van der Waals surface area contributed by atoms with Crippen molar-refractivity contribution >= 4 is 39.1 Å². The van der Waals surface area contributed by atoms with Gasteiger partial charge >= 0.3 is 0 Å². The molecule has 1 N–H and O–H groups in total. The van der Waals surface area contributed by atoms with Crippen LogP contribution in [0.15, 0.2) is 28.3 Å². The van der Waals surface area contributed by atoms with E-state index >= 15 is 0 Å². The van der Waals surface area contributed by atoms with Gasteiger partial charge in [0.25, 0.3) is 5.56 Å². The number of hydrogen-bond donors (Lipinski definition) is 1. The molecular weight excluding hydrogens is 394 g/mol. The summed E-state index contributed by atoms with van der Waals surface area (Å²) in [6.45, 7) is 5.33. The molecule has 28 heavy (non-hydrogen) atoms. The van der Waals surface area contributed by atoms with Crippen molar-refractivity contribution < 1.29 is 9.53 Å². The number of nitrogens with zero attached hydrogens (tertiary/aromatic N) is 2. The molecule has 0 aromatic carbocycles. The van der Waals surface area contributed by atoms with Gasteiger partial charge in [-0.1, -0.05) is 18.7 Å². The number of H-pyrrole nitrogens is 1. The van der Waals surface area contributed by atoms with Crippen molar-refractivity contribution in [1.29, 1.82) is 0 Å². The molecule has 0 aliphatic carbocycles. The first-order valence-corrected chi connectivity index (χ1v) is 11.3. The van der Waals surface area contributed by atoms with Crippen molar-refractivity contribution in [3.8, 4) is 0 Å². The van der Waals surface area contributed by atoms with Crippen molar-refractivity contribution in [2.75, 3.05) is 12.4 Å². The second-order valence-electron chi connectivity index (χ2n) is 6.91. The van der Waals surface area contributed by atoms with E-state index in [0.29, 0.717) is 17.4 Å². The topological polar surface area (TPSA) is 77.0 Å². The van der Waals surface area contributed by atoms with Crippen LogP contribution in [0.4, 0.5) is 0 Å². The average molecular weight is 418 g/mol. The van der Waals surface area contributed by atoms with Crippen molar-refractivity contribution in [3.63, 3.8) is 0 Å². The molecule has 1 saturated heterocycles. The lowest BCUT2D eigenvalue weighted by Crippen LogP contribution is -2.29. The summed E-state index contributed by atoms with van der Waals surface area (Å²) in [7, 11) is 0. The molecule has 0 radical (unpaired) electrons. The molecule has 1 aliphatic heterocycles. The summed E-state index contributed by atoms with van der Waals surface area (Å²) >= 11 is 2.88. The van der Waals surface area contributed by atoms with E-state index < -0.39 is 0 Å². The predicted molar refractivity (Wildman–Crippen MR) is 113 cm³/mol. The number of ether oxygens (including phenoxy) is 1. The summed E-state index contributed by atoms with van der Waals surface area (Å²) in [5.41, 5.74) is 1.64. The Hall–Kier alpha value is -1.90. The van der Waals surface area contributed by atoms with Gasteiger partial charge in [0.15, 0.2) is 10.9 Å². The minimum Gasteiger partial charge on any atom is -0.376 e. The van der Waals surface area contributed by atoms with E-state index in [1.54, 1.807) is 34.2 Å². The largest absolute Gasteiger partial charge is 0.376 e.